The van der Waals surface area contributed by atoms with Gasteiger partial charge in [-0.3, -0.25) is 4.79 Å². The zero-order valence-electron chi connectivity index (χ0n) is 26.0. The van der Waals surface area contributed by atoms with Gasteiger partial charge in [-0.2, -0.15) is 0 Å². The average Bonchev–Trinajstić information content (AvgIpc) is 3.11. The van der Waals surface area contributed by atoms with Gasteiger partial charge < -0.3 is 14.7 Å². The highest BCUT2D eigenvalue weighted by atomic mass is 35.5. The number of allylic oxidation sites excluding steroid dienone is 1. The molecule has 2 aromatic rings. The first-order chi connectivity index (χ1) is 20.9. The summed E-state index contributed by atoms with van der Waals surface area (Å²) in [5.41, 5.74) is 2.37. The van der Waals surface area contributed by atoms with Crippen LogP contribution in [0.15, 0.2) is 48.6 Å². The highest BCUT2D eigenvalue weighted by molar-refractivity contribution is 7.90. The van der Waals surface area contributed by atoms with Gasteiger partial charge in [-0.05, 0) is 111 Å². The van der Waals surface area contributed by atoms with Crippen LogP contribution in [0.3, 0.4) is 0 Å². The Bertz CT molecular complexity index is 1560. The summed E-state index contributed by atoms with van der Waals surface area (Å²) in [6.45, 7) is 7.51. The standard InChI is InChI=1S/C35H45ClN2O5S/c1-4-15-35(40)17-5-7-23(2)24(3)44(41,42)37-33(39)26-10-14-32-31(19-26)38(20-27-9-12-30(27)35)21-34(22-43-32)16-6-8-25-18-28(36)11-13-29(25)34/h5,10-11,13-14,17-19,23-24,27,30,40H,4,6-9,12,15-16,20-22H2,1-3H3,(H,37,39)/b17-5+/t23-,24+,27-,30+,34-,35-/m0/s1. The fraction of sp³-hybridized carbons (Fsp3) is 0.571. The van der Waals surface area contributed by atoms with E-state index in [9.17, 15) is 18.3 Å². The van der Waals surface area contributed by atoms with Crippen LogP contribution in [-0.4, -0.2) is 50.0 Å². The molecule has 1 fully saturated rings. The number of anilines is 1. The Hall–Kier alpha value is -2.55. The Morgan fingerprint density at radius 3 is 2.73 bits per heavy atom. The average molecular weight is 641 g/mol. The van der Waals surface area contributed by atoms with Gasteiger partial charge in [0.25, 0.3) is 5.91 Å². The van der Waals surface area contributed by atoms with Gasteiger partial charge in [0.1, 0.15) is 5.75 Å². The summed E-state index contributed by atoms with van der Waals surface area (Å²) < 4.78 is 35.5. The van der Waals surface area contributed by atoms with Gasteiger partial charge in [0.2, 0.25) is 10.0 Å². The van der Waals surface area contributed by atoms with Gasteiger partial charge in [-0.15, -0.1) is 0 Å². The second-order valence-electron chi connectivity index (χ2n) is 13.8. The Morgan fingerprint density at radius 1 is 1.16 bits per heavy atom. The predicted octanol–water partition coefficient (Wildman–Crippen LogP) is 6.41. The first-order valence-corrected chi connectivity index (χ1v) is 18.1. The molecule has 1 saturated carbocycles. The Balaban J connectivity index is 1.45. The summed E-state index contributed by atoms with van der Waals surface area (Å²) in [6, 6.07) is 11.4. The van der Waals surface area contributed by atoms with E-state index in [2.05, 4.69) is 28.7 Å². The van der Waals surface area contributed by atoms with Crippen LogP contribution < -0.4 is 14.4 Å². The lowest BCUT2D eigenvalue weighted by Crippen LogP contribution is -2.52. The lowest BCUT2D eigenvalue weighted by atomic mass is 9.63. The minimum atomic E-state index is -3.94. The number of fused-ring (bicyclic) bond motifs is 4. The van der Waals surface area contributed by atoms with E-state index in [0.717, 1.165) is 49.2 Å². The Kier molecular flexibility index (Phi) is 8.57. The minimum Gasteiger partial charge on any atom is -0.490 e. The molecule has 2 N–H and O–H groups in total. The number of benzene rings is 2. The van der Waals surface area contributed by atoms with Crippen molar-refractivity contribution < 1.29 is 23.1 Å². The molecule has 2 heterocycles. The predicted molar refractivity (Wildman–Crippen MR) is 175 cm³/mol. The molecule has 1 amide bonds. The molecule has 0 unspecified atom stereocenters. The van der Waals surface area contributed by atoms with Crippen molar-refractivity contribution in [2.75, 3.05) is 24.6 Å². The topological polar surface area (TPSA) is 95.9 Å². The van der Waals surface area contributed by atoms with Crippen molar-refractivity contribution in [1.29, 1.82) is 0 Å². The summed E-state index contributed by atoms with van der Waals surface area (Å²) in [7, 11) is -3.94. The molecule has 2 aliphatic heterocycles. The number of rotatable bonds is 2. The molecule has 2 aromatic carbocycles. The van der Waals surface area contributed by atoms with E-state index in [0.29, 0.717) is 38.3 Å². The number of nitrogens with one attached hydrogen (secondary N) is 1. The lowest BCUT2D eigenvalue weighted by Gasteiger charge is -2.49. The highest BCUT2D eigenvalue weighted by Crippen LogP contribution is 2.49. The van der Waals surface area contributed by atoms with E-state index in [-0.39, 0.29) is 28.7 Å². The zero-order valence-corrected chi connectivity index (χ0v) is 27.6. The number of hydrogen-bond donors (Lipinski definition) is 2. The van der Waals surface area contributed by atoms with Gasteiger partial charge >= 0.3 is 0 Å². The SMILES string of the molecule is CCC[C@]1(O)/C=C/C[C@H](C)[C@@H](C)S(=O)(=O)NC(=O)c2ccc3c(c2)N(C[C@@H]2CC[C@H]21)C[C@@]1(CCCc2cc(Cl)ccc21)CO3. The molecule has 6 atom stereocenters. The molecule has 0 saturated heterocycles. The van der Waals surface area contributed by atoms with Crippen LogP contribution in [0.4, 0.5) is 5.69 Å². The summed E-state index contributed by atoms with van der Waals surface area (Å²) in [6.07, 6.45) is 10.8. The zero-order chi connectivity index (χ0) is 31.3. The number of nitrogens with zero attached hydrogens (tertiary/aromatic N) is 1. The van der Waals surface area contributed by atoms with Crippen LogP contribution in [0, 0.1) is 17.8 Å². The molecule has 9 heteroatoms. The number of carbonyl (C=O) groups is 1. The molecule has 2 aliphatic carbocycles. The van der Waals surface area contributed by atoms with E-state index >= 15 is 0 Å². The van der Waals surface area contributed by atoms with Gasteiger partial charge in [0.05, 0.1) is 23.1 Å². The number of aryl methyl sites for hydroxylation is 1. The van der Waals surface area contributed by atoms with E-state index in [1.807, 2.05) is 25.1 Å². The van der Waals surface area contributed by atoms with Crippen LogP contribution in [0.1, 0.15) is 87.2 Å². The second-order valence-corrected chi connectivity index (χ2v) is 16.2. The van der Waals surface area contributed by atoms with Crippen LogP contribution in [0.2, 0.25) is 5.02 Å². The van der Waals surface area contributed by atoms with Crippen molar-refractivity contribution in [3.8, 4) is 5.75 Å². The maximum absolute atomic E-state index is 13.4. The van der Waals surface area contributed by atoms with Crippen molar-refractivity contribution in [3.63, 3.8) is 0 Å². The van der Waals surface area contributed by atoms with Crippen molar-refractivity contribution in [2.45, 2.75) is 88.4 Å². The Labute approximate surface area is 267 Å². The molecular formula is C35H45ClN2O5S. The number of amides is 1. The second kappa shape index (κ2) is 12.0. The number of ether oxygens (including phenoxy) is 1. The maximum atomic E-state index is 13.4. The van der Waals surface area contributed by atoms with E-state index < -0.39 is 26.8 Å². The minimum absolute atomic E-state index is 0.0931. The monoisotopic (exact) mass is 640 g/mol. The molecule has 0 radical (unpaired) electrons. The molecule has 2 bridgehead atoms. The van der Waals surface area contributed by atoms with Crippen molar-refractivity contribution in [1.82, 2.24) is 4.72 Å². The van der Waals surface area contributed by atoms with Crippen LogP contribution in [0.5, 0.6) is 5.75 Å². The first-order valence-electron chi connectivity index (χ1n) is 16.2. The van der Waals surface area contributed by atoms with Gasteiger partial charge in [-0.1, -0.05) is 50.1 Å². The third-order valence-electron chi connectivity index (χ3n) is 10.9. The van der Waals surface area contributed by atoms with E-state index in [1.54, 1.807) is 25.1 Å². The largest absolute Gasteiger partial charge is 0.490 e. The van der Waals surface area contributed by atoms with Crippen LogP contribution in [0.25, 0.3) is 0 Å². The van der Waals surface area contributed by atoms with Gasteiger partial charge in [0.15, 0.2) is 0 Å². The summed E-state index contributed by atoms with van der Waals surface area (Å²) in [5, 5.41) is 12.0. The maximum Gasteiger partial charge on any atom is 0.264 e. The summed E-state index contributed by atoms with van der Waals surface area (Å²) >= 11 is 6.42. The van der Waals surface area contributed by atoms with Gasteiger partial charge in [-0.25, -0.2) is 13.1 Å². The van der Waals surface area contributed by atoms with Crippen molar-refractivity contribution in [3.05, 3.63) is 70.3 Å². The molecule has 0 aromatic heterocycles. The van der Waals surface area contributed by atoms with Gasteiger partial charge in [0, 0.05) is 29.1 Å². The summed E-state index contributed by atoms with van der Waals surface area (Å²) in [5.74, 6) is 0.160. The smallest absolute Gasteiger partial charge is 0.264 e. The highest BCUT2D eigenvalue weighted by Gasteiger charge is 2.47. The molecule has 238 valence electrons. The first kappa shape index (κ1) is 31.4. The number of carbonyl (C=O) groups excluding carboxylic acids is 1. The molecule has 6 rings (SSSR count). The summed E-state index contributed by atoms with van der Waals surface area (Å²) in [4.78, 5) is 15.8. The fourth-order valence-corrected chi connectivity index (χ4v) is 9.52. The van der Waals surface area contributed by atoms with E-state index in [4.69, 9.17) is 16.3 Å². The molecule has 44 heavy (non-hydrogen) atoms. The quantitative estimate of drug-likeness (QED) is 0.368. The molecule has 4 aliphatic rings. The third kappa shape index (κ3) is 5.78. The number of sulfonamides is 1. The fourth-order valence-electron chi connectivity index (χ4n) is 8.04. The van der Waals surface area contributed by atoms with Crippen LogP contribution in [-0.2, 0) is 21.9 Å². The lowest BCUT2D eigenvalue weighted by molar-refractivity contribution is -0.0510. The van der Waals surface area contributed by atoms with E-state index in [1.165, 1.54) is 11.1 Å². The molecule has 1 spiro atoms. The van der Waals surface area contributed by atoms with Crippen molar-refractivity contribution >= 4 is 33.2 Å². The number of hydrogen-bond acceptors (Lipinski definition) is 6. The van der Waals surface area contributed by atoms with Crippen molar-refractivity contribution in [2.24, 2.45) is 17.8 Å². The Morgan fingerprint density at radius 2 is 1.98 bits per heavy atom. The number of aliphatic hydroxyl groups is 1. The molecular weight excluding hydrogens is 596 g/mol. The van der Waals surface area contributed by atoms with Crippen LogP contribution >= 0.6 is 11.6 Å². The normalized spacial score (nSPS) is 34.0. The third-order valence-corrected chi connectivity index (χ3v) is 13.1. The molecule has 7 nitrogen and oxygen atoms in total. The number of halogens is 1.